The molecule has 0 aliphatic heterocycles. The molecule has 2 aromatic carbocycles. The number of allylic oxidation sites excluding steroid dienone is 5. The Labute approximate surface area is 143 Å². The number of hydrogen-bond donors (Lipinski definition) is 0. The van der Waals surface area contributed by atoms with Gasteiger partial charge in [0.1, 0.15) is 0 Å². The van der Waals surface area contributed by atoms with Gasteiger partial charge >= 0.3 is 0 Å². The van der Waals surface area contributed by atoms with Gasteiger partial charge in [0.25, 0.3) is 0 Å². The topological polar surface area (TPSA) is 0 Å². The summed E-state index contributed by atoms with van der Waals surface area (Å²) in [5, 5.41) is 0.731. The maximum atomic E-state index is 6.05. The zero-order valence-corrected chi connectivity index (χ0v) is 14.0. The molecule has 0 radical (unpaired) electrons. The van der Waals surface area contributed by atoms with Gasteiger partial charge in [0.15, 0.2) is 0 Å². The summed E-state index contributed by atoms with van der Waals surface area (Å²) in [4.78, 5) is 0. The van der Waals surface area contributed by atoms with Crippen LogP contribution in [0.1, 0.15) is 29.5 Å². The summed E-state index contributed by atoms with van der Waals surface area (Å²) < 4.78 is 0. The molecule has 2 aromatic rings. The molecule has 23 heavy (non-hydrogen) atoms. The molecule has 0 saturated heterocycles. The van der Waals surface area contributed by atoms with Crippen molar-refractivity contribution in [1.82, 2.24) is 0 Å². The Bertz CT molecular complexity index is 720. The number of rotatable bonds is 4. The molecule has 1 atom stereocenters. The molecule has 1 unspecified atom stereocenters. The van der Waals surface area contributed by atoms with Crippen LogP contribution in [-0.2, 0) is 6.42 Å². The zero-order valence-electron chi connectivity index (χ0n) is 13.2. The SMILES string of the molecule is C=C(Cl)C1C=CC(c2ccc(Cc3ccccc3)cc2)=CCC1. The zero-order chi connectivity index (χ0) is 16.1. The molecule has 1 heteroatoms. The highest BCUT2D eigenvalue weighted by Crippen LogP contribution is 2.28. The second kappa shape index (κ2) is 7.48. The van der Waals surface area contributed by atoms with E-state index in [0.29, 0.717) is 0 Å². The van der Waals surface area contributed by atoms with E-state index in [4.69, 9.17) is 11.6 Å². The summed E-state index contributed by atoms with van der Waals surface area (Å²) >= 11 is 6.05. The monoisotopic (exact) mass is 320 g/mol. The summed E-state index contributed by atoms with van der Waals surface area (Å²) in [5.41, 5.74) is 5.22. The van der Waals surface area contributed by atoms with Crippen LogP contribution in [0.15, 0.2) is 84.4 Å². The molecule has 0 aromatic heterocycles. The Kier molecular flexibility index (Phi) is 5.15. The van der Waals surface area contributed by atoms with Gasteiger partial charge in [-0.05, 0) is 41.5 Å². The van der Waals surface area contributed by atoms with Crippen molar-refractivity contribution < 1.29 is 0 Å². The molecule has 0 saturated carbocycles. The lowest BCUT2D eigenvalue weighted by molar-refractivity contribution is 0.717. The van der Waals surface area contributed by atoms with Crippen molar-refractivity contribution in [2.24, 2.45) is 5.92 Å². The lowest BCUT2D eigenvalue weighted by Crippen LogP contribution is -1.93. The highest BCUT2D eigenvalue weighted by atomic mass is 35.5. The highest BCUT2D eigenvalue weighted by Gasteiger charge is 2.10. The van der Waals surface area contributed by atoms with Crippen LogP contribution < -0.4 is 0 Å². The van der Waals surface area contributed by atoms with Gasteiger partial charge in [0.05, 0.1) is 0 Å². The molecule has 0 nitrogen and oxygen atoms in total. The summed E-state index contributed by atoms with van der Waals surface area (Å²) in [5.74, 6) is 0.280. The minimum Gasteiger partial charge on any atom is -0.0891 e. The van der Waals surface area contributed by atoms with Crippen molar-refractivity contribution in [1.29, 1.82) is 0 Å². The molecule has 0 heterocycles. The largest absolute Gasteiger partial charge is 0.0891 e. The summed E-state index contributed by atoms with van der Waals surface area (Å²) in [7, 11) is 0. The second-order valence-corrected chi connectivity index (χ2v) is 6.49. The quantitative estimate of drug-likeness (QED) is 0.613. The lowest BCUT2D eigenvalue weighted by atomic mass is 10.00. The third kappa shape index (κ3) is 4.24. The van der Waals surface area contributed by atoms with Crippen LogP contribution in [-0.4, -0.2) is 0 Å². The molecule has 0 spiro atoms. The highest BCUT2D eigenvalue weighted by molar-refractivity contribution is 6.29. The molecule has 0 N–H and O–H groups in total. The van der Waals surface area contributed by atoms with Gasteiger partial charge < -0.3 is 0 Å². The maximum absolute atomic E-state index is 6.05. The minimum atomic E-state index is 0.280. The van der Waals surface area contributed by atoms with Gasteiger partial charge in [-0.3, -0.25) is 0 Å². The van der Waals surface area contributed by atoms with Crippen LogP contribution in [0.4, 0.5) is 0 Å². The van der Waals surface area contributed by atoms with E-state index in [1.54, 1.807) is 0 Å². The van der Waals surface area contributed by atoms with E-state index in [2.05, 4.69) is 79.4 Å². The number of halogens is 1. The standard InChI is InChI=1S/C22H21Cl/c1-17(23)20-8-5-9-21(15-14-20)22-12-10-19(11-13-22)16-18-6-3-2-4-7-18/h2-4,6-7,9-15,20H,1,5,8,16H2. The minimum absolute atomic E-state index is 0.280. The van der Waals surface area contributed by atoms with Gasteiger partial charge in [0.2, 0.25) is 0 Å². The first kappa shape index (κ1) is 15.8. The smallest absolute Gasteiger partial charge is 0.0178 e. The van der Waals surface area contributed by atoms with Crippen LogP contribution in [0.3, 0.4) is 0 Å². The Morgan fingerprint density at radius 2 is 1.70 bits per heavy atom. The fourth-order valence-electron chi connectivity index (χ4n) is 2.92. The lowest BCUT2D eigenvalue weighted by Gasteiger charge is -2.06. The Balaban J connectivity index is 1.73. The van der Waals surface area contributed by atoms with Gasteiger partial charge in [0, 0.05) is 11.0 Å². The normalized spacial score (nSPS) is 17.4. The van der Waals surface area contributed by atoms with E-state index in [9.17, 15) is 0 Å². The Morgan fingerprint density at radius 3 is 2.39 bits per heavy atom. The van der Waals surface area contributed by atoms with Crippen LogP contribution in [0, 0.1) is 5.92 Å². The average Bonchev–Trinajstić information content (AvgIpc) is 2.83. The van der Waals surface area contributed by atoms with Gasteiger partial charge in [-0.25, -0.2) is 0 Å². The molecule has 116 valence electrons. The number of hydrogen-bond acceptors (Lipinski definition) is 0. The Hall–Kier alpha value is -2.05. The van der Waals surface area contributed by atoms with Crippen molar-refractivity contribution in [3.05, 3.63) is 101 Å². The van der Waals surface area contributed by atoms with Crippen molar-refractivity contribution in [3.8, 4) is 0 Å². The molecule has 1 aliphatic carbocycles. The summed E-state index contributed by atoms with van der Waals surface area (Å²) in [6.07, 6.45) is 9.69. The molecular weight excluding hydrogens is 300 g/mol. The van der Waals surface area contributed by atoms with Crippen LogP contribution >= 0.6 is 11.6 Å². The molecular formula is C22H21Cl. The fraction of sp³-hybridized carbons (Fsp3) is 0.182. The van der Waals surface area contributed by atoms with Crippen LogP contribution in [0.25, 0.3) is 5.57 Å². The van der Waals surface area contributed by atoms with Crippen LogP contribution in [0.5, 0.6) is 0 Å². The second-order valence-electron chi connectivity index (χ2n) is 6.01. The van der Waals surface area contributed by atoms with E-state index in [1.165, 1.54) is 22.3 Å². The van der Waals surface area contributed by atoms with E-state index in [1.807, 2.05) is 0 Å². The van der Waals surface area contributed by atoms with Crippen molar-refractivity contribution in [3.63, 3.8) is 0 Å². The number of benzene rings is 2. The van der Waals surface area contributed by atoms with Gasteiger partial charge in [-0.1, -0.05) is 91.0 Å². The third-order valence-corrected chi connectivity index (χ3v) is 4.57. The third-order valence-electron chi connectivity index (χ3n) is 4.29. The first-order chi connectivity index (χ1) is 11.2. The van der Waals surface area contributed by atoms with E-state index in [0.717, 1.165) is 24.3 Å². The fourth-order valence-corrected chi connectivity index (χ4v) is 3.11. The average molecular weight is 321 g/mol. The molecule has 3 rings (SSSR count). The molecule has 0 bridgehead atoms. The maximum Gasteiger partial charge on any atom is 0.0178 e. The van der Waals surface area contributed by atoms with Crippen molar-refractivity contribution in [2.75, 3.05) is 0 Å². The van der Waals surface area contributed by atoms with E-state index >= 15 is 0 Å². The predicted octanol–water partition coefficient (Wildman–Crippen LogP) is 6.38. The summed E-state index contributed by atoms with van der Waals surface area (Å²) in [6, 6.07) is 19.4. The van der Waals surface area contributed by atoms with Crippen molar-refractivity contribution >= 4 is 17.2 Å². The Morgan fingerprint density at radius 1 is 1.00 bits per heavy atom. The summed E-state index contributed by atoms with van der Waals surface area (Å²) in [6.45, 7) is 3.86. The van der Waals surface area contributed by atoms with Crippen molar-refractivity contribution in [2.45, 2.75) is 19.3 Å². The first-order valence-corrected chi connectivity index (χ1v) is 8.46. The predicted molar refractivity (Wildman–Crippen MR) is 101 cm³/mol. The van der Waals surface area contributed by atoms with E-state index in [-0.39, 0.29) is 5.92 Å². The van der Waals surface area contributed by atoms with E-state index < -0.39 is 0 Å². The molecule has 0 fully saturated rings. The molecule has 0 amide bonds. The van der Waals surface area contributed by atoms with Gasteiger partial charge in [-0.2, -0.15) is 0 Å². The molecule has 1 aliphatic rings. The van der Waals surface area contributed by atoms with Crippen LogP contribution in [0.2, 0.25) is 0 Å². The van der Waals surface area contributed by atoms with Gasteiger partial charge in [-0.15, -0.1) is 0 Å². The first-order valence-electron chi connectivity index (χ1n) is 8.08.